The van der Waals surface area contributed by atoms with E-state index in [4.69, 9.17) is 0 Å². The number of hydrogen-bond donors (Lipinski definition) is 3. The van der Waals surface area contributed by atoms with E-state index in [9.17, 15) is 10.2 Å². The van der Waals surface area contributed by atoms with Crippen LogP contribution in [0.5, 0.6) is 0 Å². The summed E-state index contributed by atoms with van der Waals surface area (Å²) in [5, 5.41) is 24.5. The molecular weight excluding hydrogens is 370 g/mol. The Balaban J connectivity index is 1.44. The Bertz CT molecular complexity index is 723. The maximum absolute atomic E-state index is 10.6. The van der Waals surface area contributed by atoms with Crippen LogP contribution in [0, 0.1) is 24.7 Å². The lowest BCUT2D eigenvalue weighted by Gasteiger charge is -2.19. The van der Waals surface area contributed by atoms with Gasteiger partial charge in [0.25, 0.3) is 0 Å². The zero-order chi connectivity index (χ0) is 21.5. The molecule has 1 saturated carbocycles. The second-order valence-corrected chi connectivity index (χ2v) is 9.80. The third kappa shape index (κ3) is 6.80. The molecule has 166 valence electrons. The van der Waals surface area contributed by atoms with Gasteiger partial charge in [0, 0.05) is 18.4 Å². The van der Waals surface area contributed by atoms with Gasteiger partial charge in [-0.25, -0.2) is 0 Å². The number of allylic oxidation sites excluding steroid dienone is 2. The number of nitrogens with one attached hydrogen (secondary N) is 1. The van der Waals surface area contributed by atoms with E-state index in [1.54, 1.807) is 5.57 Å². The van der Waals surface area contributed by atoms with Crippen molar-refractivity contribution in [2.45, 2.75) is 84.0 Å². The highest BCUT2D eigenvalue weighted by Gasteiger charge is 2.43. The van der Waals surface area contributed by atoms with Gasteiger partial charge in [-0.15, -0.1) is 0 Å². The summed E-state index contributed by atoms with van der Waals surface area (Å²) in [7, 11) is 0. The molecule has 3 rings (SSSR count). The molecule has 2 aliphatic carbocycles. The highest BCUT2D eigenvalue weighted by atomic mass is 16.3. The summed E-state index contributed by atoms with van der Waals surface area (Å²) in [6.45, 7) is 7.59. The van der Waals surface area contributed by atoms with E-state index in [1.165, 1.54) is 31.2 Å². The van der Waals surface area contributed by atoms with Gasteiger partial charge in [0.1, 0.15) is 0 Å². The van der Waals surface area contributed by atoms with E-state index in [2.05, 4.69) is 56.4 Å². The van der Waals surface area contributed by atoms with Gasteiger partial charge >= 0.3 is 0 Å². The first kappa shape index (κ1) is 23.2. The molecule has 3 N–H and O–H groups in total. The van der Waals surface area contributed by atoms with E-state index in [1.807, 2.05) is 12.1 Å². The molecular formula is C27H41NO2. The summed E-state index contributed by atoms with van der Waals surface area (Å²) >= 11 is 0. The van der Waals surface area contributed by atoms with Crippen LogP contribution >= 0.6 is 0 Å². The lowest BCUT2D eigenvalue weighted by atomic mass is 9.88. The molecule has 0 saturated heterocycles. The van der Waals surface area contributed by atoms with E-state index in [0.717, 1.165) is 24.9 Å². The number of aliphatic hydroxyl groups is 2. The molecule has 0 aromatic heterocycles. The Morgan fingerprint density at radius 2 is 2.03 bits per heavy atom. The Labute approximate surface area is 183 Å². The van der Waals surface area contributed by atoms with Crippen molar-refractivity contribution in [2.24, 2.45) is 17.8 Å². The van der Waals surface area contributed by atoms with Crippen LogP contribution in [0.2, 0.25) is 0 Å². The Kier molecular flexibility index (Phi) is 8.73. The number of unbranched alkanes of at least 4 members (excludes halogenated alkanes) is 2. The summed E-state index contributed by atoms with van der Waals surface area (Å²) in [4.78, 5) is 0. The highest BCUT2D eigenvalue weighted by molar-refractivity contribution is 5.24. The first-order valence-corrected chi connectivity index (χ1v) is 12.0. The molecule has 3 heteroatoms. The number of aliphatic hydroxyl groups excluding tert-OH is 2. The van der Waals surface area contributed by atoms with Crippen LogP contribution in [0.4, 0.5) is 0 Å². The molecule has 0 aliphatic heterocycles. The van der Waals surface area contributed by atoms with Gasteiger partial charge in [-0.05, 0) is 63.0 Å². The van der Waals surface area contributed by atoms with Crippen molar-refractivity contribution in [1.82, 2.24) is 5.32 Å². The minimum atomic E-state index is -0.494. The summed E-state index contributed by atoms with van der Waals surface area (Å²) in [5.74, 6) is 1.20. The lowest BCUT2D eigenvalue weighted by molar-refractivity contribution is 0.140. The zero-order valence-corrected chi connectivity index (χ0v) is 19.1. The van der Waals surface area contributed by atoms with Gasteiger partial charge in [-0.1, -0.05) is 73.9 Å². The van der Waals surface area contributed by atoms with Crippen LogP contribution in [0.15, 0.2) is 48.1 Å². The number of hydrogen-bond acceptors (Lipinski definition) is 3. The average molecular weight is 412 g/mol. The molecule has 1 fully saturated rings. The van der Waals surface area contributed by atoms with Gasteiger partial charge in [0.2, 0.25) is 0 Å². The lowest BCUT2D eigenvalue weighted by Crippen LogP contribution is -2.23. The molecule has 30 heavy (non-hydrogen) atoms. The average Bonchev–Trinajstić information content (AvgIpc) is 3.19. The van der Waals surface area contributed by atoms with Gasteiger partial charge < -0.3 is 15.5 Å². The fourth-order valence-electron chi connectivity index (χ4n) is 5.24. The fraction of sp³-hybridized carbons (Fsp3) is 0.630. The van der Waals surface area contributed by atoms with Gasteiger partial charge in [0.15, 0.2) is 0 Å². The predicted molar refractivity (Wildman–Crippen MR) is 125 cm³/mol. The number of rotatable bonds is 11. The molecule has 5 atom stereocenters. The van der Waals surface area contributed by atoms with Crippen molar-refractivity contribution in [2.75, 3.05) is 6.54 Å². The Morgan fingerprint density at radius 1 is 1.20 bits per heavy atom. The maximum Gasteiger partial charge on any atom is 0.0761 e. The van der Waals surface area contributed by atoms with Crippen molar-refractivity contribution >= 4 is 0 Å². The van der Waals surface area contributed by atoms with Gasteiger partial charge in [0.05, 0.1) is 12.2 Å². The number of benzene rings is 1. The van der Waals surface area contributed by atoms with Crippen molar-refractivity contribution < 1.29 is 10.2 Å². The van der Waals surface area contributed by atoms with Crippen LogP contribution in [-0.2, 0) is 6.42 Å². The quantitative estimate of drug-likeness (QED) is 0.356. The first-order chi connectivity index (χ1) is 14.4. The van der Waals surface area contributed by atoms with Crippen molar-refractivity contribution in [3.8, 4) is 0 Å². The van der Waals surface area contributed by atoms with E-state index in [-0.39, 0.29) is 12.0 Å². The largest absolute Gasteiger partial charge is 0.392 e. The van der Waals surface area contributed by atoms with E-state index < -0.39 is 6.10 Å². The number of fused-ring (bicyclic) bond motifs is 1. The molecule has 1 aromatic carbocycles. The van der Waals surface area contributed by atoms with Crippen LogP contribution in [0.25, 0.3) is 0 Å². The summed E-state index contributed by atoms with van der Waals surface area (Å²) in [6, 6.07) is 8.89. The van der Waals surface area contributed by atoms with Crippen LogP contribution in [0.3, 0.4) is 0 Å². The minimum absolute atomic E-state index is 0.172. The smallest absolute Gasteiger partial charge is 0.0761 e. The molecule has 0 unspecified atom stereocenters. The molecule has 2 aliphatic rings. The van der Waals surface area contributed by atoms with Crippen molar-refractivity contribution in [3.63, 3.8) is 0 Å². The van der Waals surface area contributed by atoms with Gasteiger partial charge in [-0.3, -0.25) is 0 Å². The maximum atomic E-state index is 10.6. The molecule has 0 heterocycles. The summed E-state index contributed by atoms with van der Waals surface area (Å²) in [5.41, 5.74) is 3.97. The van der Waals surface area contributed by atoms with Crippen LogP contribution < -0.4 is 5.32 Å². The fourth-order valence-corrected chi connectivity index (χ4v) is 5.24. The van der Waals surface area contributed by atoms with Gasteiger partial charge in [-0.2, -0.15) is 0 Å². The topological polar surface area (TPSA) is 52.5 Å². The van der Waals surface area contributed by atoms with E-state index >= 15 is 0 Å². The van der Waals surface area contributed by atoms with E-state index in [0.29, 0.717) is 24.3 Å². The molecule has 0 spiro atoms. The third-order valence-electron chi connectivity index (χ3n) is 6.76. The first-order valence-electron chi connectivity index (χ1n) is 12.0. The predicted octanol–water partition coefficient (Wildman–Crippen LogP) is 4.96. The Hall–Kier alpha value is -1.42. The minimum Gasteiger partial charge on any atom is -0.392 e. The molecule has 1 aromatic rings. The molecule has 0 radical (unpaired) electrons. The zero-order valence-electron chi connectivity index (χ0n) is 19.1. The second kappa shape index (κ2) is 11.3. The molecule has 3 nitrogen and oxygen atoms in total. The monoisotopic (exact) mass is 411 g/mol. The molecule has 0 amide bonds. The highest BCUT2D eigenvalue weighted by Crippen LogP contribution is 2.48. The SMILES string of the molecule is Cc1cccc(C[C@@H](O)C=C[C@@H]2[C@H]3CC(CCCCCNC(C)C)=C[C@H]3C[C@H]2O)c1. The standard InChI is InChI=1S/C27H41NO2/c1-19(2)28-13-6-4-5-9-22-15-23-18-27(30)25(26(23)17-22)12-11-24(29)16-21-10-7-8-20(3)14-21/h7-8,10-12,14-15,19,23-30H,4-6,9,13,16-18H2,1-3H3/t23-,24-,25+,26-,27+/m0/s1. The summed E-state index contributed by atoms with van der Waals surface area (Å²) in [6.07, 6.45) is 13.3. The normalized spacial score (nSPS) is 27.1. The van der Waals surface area contributed by atoms with Crippen LogP contribution in [0.1, 0.15) is 63.5 Å². The second-order valence-electron chi connectivity index (χ2n) is 9.80. The van der Waals surface area contributed by atoms with Crippen molar-refractivity contribution in [3.05, 3.63) is 59.2 Å². The molecule has 0 bridgehead atoms. The van der Waals surface area contributed by atoms with Crippen molar-refractivity contribution in [1.29, 1.82) is 0 Å². The Morgan fingerprint density at radius 3 is 2.80 bits per heavy atom. The summed E-state index contributed by atoms with van der Waals surface area (Å²) < 4.78 is 0. The third-order valence-corrected chi connectivity index (χ3v) is 6.76. The number of aryl methyl sites for hydroxylation is 1. The van der Waals surface area contributed by atoms with Crippen LogP contribution in [-0.4, -0.2) is 35.0 Å².